The highest BCUT2D eigenvalue weighted by Gasteiger charge is 2.36. The lowest BCUT2D eigenvalue weighted by Gasteiger charge is -2.31. The third-order valence-corrected chi connectivity index (χ3v) is 1.47. The van der Waals surface area contributed by atoms with E-state index in [1.807, 2.05) is 0 Å². The van der Waals surface area contributed by atoms with Gasteiger partial charge in [0, 0.05) is 0 Å². The molecular formula is C5H10O5. The van der Waals surface area contributed by atoms with E-state index in [2.05, 4.69) is 4.74 Å². The minimum Gasteiger partial charge on any atom is -0.388 e. The van der Waals surface area contributed by atoms with E-state index in [4.69, 9.17) is 20.4 Å². The molecule has 0 spiro atoms. The maximum atomic E-state index is 8.88. The molecule has 60 valence electrons. The molecule has 1 saturated heterocycles. The van der Waals surface area contributed by atoms with Crippen molar-refractivity contribution in [2.24, 2.45) is 0 Å². The quantitative estimate of drug-likeness (QED) is 0.304. The second-order valence-electron chi connectivity index (χ2n) is 2.27. The minimum atomic E-state index is -1.41. The molecule has 0 amide bonds. The van der Waals surface area contributed by atoms with Crippen LogP contribution in [0, 0.1) is 0 Å². The summed E-state index contributed by atoms with van der Waals surface area (Å²) < 4.78 is 4.47. The molecule has 0 aliphatic carbocycles. The van der Waals surface area contributed by atoms with Gasteiger partial charge in [0.05, 0.1) is 6.61 Å². The molecule has 0 bridgehead atoms. The van der Waals surface area contributed by atoms with E-state index < -0.39 is 24.6 Å². The SMILES string of the molecule is O[C@@H]1[C@H](O)[C@@H](O)OC[C@@H]1O. The second kappa shape index (κ2) is 2.81. The van der Waals surface area contributed by atoms with Crippen molar-refractivity contribution in [2.45, 2.75) is 24.6 Å². The molecule has 0 unspecified atom stereocenters. The predicted octanol–water partition coefficient (Wildman–Crippen LogP) is -2.58. The molecule has 1 aliphatic heterocycles. The summed E-state index contributed by atoms with van der Waals surface area (Å²) >= 11 is 0. The Labute approximate surface area is 57.5 Å². The average molecular weight is 150 g/mol. The molecular weight excluding hydrogens is 140 g/mol. The zero-order chi connectivity index (χ0) is 7.72. The number of aliphatic hydroxyl groups excluding tert-OH is 4. The zero-order valence-electron chi connectivity index (χ0n) is 5.21. The van der Waals surface area contributed by atoms with Gasteiger partial charge in [-0.2, -0.15) is 0 Å². The van der Waals surface area contributed by atoms with Gasteiger partial charge in [-0.05, 0) is 0 Å². The Balaban J connectivity index is 2.52. The highest BCUT2D eigenvalue weighted by atomic mass is 16.6. The van der Waals surface area contributed by atoms with Crippen LogP contribution in [0.15, 0.2) is 0 Å². The molecule has 1 aliphatic rings. The summed E-state index contributed by atoms with van der Waals surface area (Å²) in [7, 11) is 0. The first-order valence-electron chi connectivity index (χ1n) is 2.97. The van der Waals surface area contributed by atoms with Crippen LogP contribution in [0.3, 0.4) is 0 Å². The van der Waals surface area contributed by atoms with Crippen LogP contribution < -0.4 is 0 Å². The smallest absolute Gasteiger partial charge is 0.183 e. The van der Waals surface area contributed by atoms with Crippen molar-refractivity contribution in [2.75, 3.05) is 6.61 Å². The fraction of sp³-hybridized carbons (Fsp3) is 1.00. The van der Waals surface area contributed by atoms with Crippen LogP contribution in [-0.2, 0) is 4.74 Å². The van der Waals surface area contributed by atoms with E-state index in [0.29, 0.717) is 0 Å². The van der Waals surface area contributed by atoms with Crippen LogP contribution in [0.25, 0.3) is 0 Å². The number of aliphatic hydroxyl groups is 4. The van der Waals surface area contributed by atoms with Crippen molar-refractivity contribution in [3.05, 3.63) is 0 Å². The lowest BCUT2D eigenvalue weighted by molar-refractivity contribution is -0.252. The van der Waals surface area contributed by atoms with Crippen LogP contribution in [0.4, 0.5) is 0 Å². The first-order chi connectivity index (χ1) is 4.63. The first-order valence-corrected chi connectivity index (χ1v) is 2.97. The highest BCUT2D eigenvalue weighted by Crippen LogP contribution is 2.12. The molecule has 0 saturated carbocycles. The third-order valence-electron chi connectivity index (χ3n) is 1.47. The molecule has 0 aromatic carbocycles. The molecule has 1 fully saturated rings. The largest absolute Gasteiger partial charge is 0.388 e. The van der Waals surface area contributed by atoms with Gasteiger partial charge >= 0.3 is 0 Å². The van der Waals surface area contributed by atoms with E-state index in [0.717, 1.165) is 0 Å². The molecule has 5 heteroatoms. The third kappa shape index (κ3) is 1.28. The normalized spacial score (nSPS) is 49.2. The van der Waals surface area contributed by atoms with Gasteiger partial charge in [0.25, 0.3) is 0 Å². The maximum Gasteiger partial charge on any atom is 0.183 e. The van der Waals surface area contributed by atoms with Crippen LogP contribution in [0.1, 0.15) is 0 Å². The van der Waals surface area contributed by atoms with Gasteiger partial charge in [0.15, 0.2) is 6.29 Å². The number of ether oxygens (including phenoxy) is 1. The highest BCUT2D eigenvalue weighted by molar-refractivity contribution is 4.81. The summed E-state index contributed by atoms with van der Waals surface area (Å²) in [5.41, 5.74) is 0. The Bertz CT molecular complexity index is 103. The van der Waals surface area contributed by atoms with E-state index in [1.165, 1.54) is 0 Å². The van der Waals surface area contributed by atoms with Gasteiger partial charge in [-0.25, -0.2) is 0 Å². The molecule has 1 rings (SSSR count). The van der Waals surface area contributed by atoms with Crippen molar-refractivity contribution in [3.8, 4) is 0 Å². The topological polar surface area (TPSA) is 90.2 Å². The number of hydrogen-bond donors (Lipinski definition) is 4. The van der Waals surface area contributed by atoms with Gasteiger partial charge in [0.2, 0.25) is 0 Å². The standard InChI is InChI=1S/C5H10O5/c6-2-1-10-5(9)4(8)3(2)7/h2-9H,1H2/t2-,3-,4-,5-/m0/s1. The summed E-state index contributed by atoms with van der Waals surface area (Å²) in [6, 6.07) is 0. The second-order valence-corrected chi connectivity index (χ2v) is 2.27. The summed E-state index contributed by atoms with van der Waals surface area (Å²) in [5, 5.41) is 35.3. The van der Waals surface area contributed by atoms with Crippen molar-refractivity contribution < 1.29 is 25.2 Å². The van der Waals surface area contributed by atoms with Gasteiger partial charge in [0.1, 0.15) is 18.3 Å². The summed E-state index contributed by atoms with van der Waals surface area (Å²) in [6.45, 7) is -0.153. The Morgan fingerprint density at radius 3 is 2.10 bits per heavy atom. The van der Waals surface area contributed by atoms with Crippen LogP contribution in [0.5, 0.6) is 0 Å². The first kappa shape index (κ1) is 7.90. The molecule has 0 aromatic rings. The maximum absolute atomic E-state index is 8.88. The monoisotopic (exact) mass is 150 g/mol. The molecule has 4 atom stereocenters. The molecule has 10 heavy (non-hydrogen) atoms. The molecule has 0 radical (unpaired) electrons. The van der Waals surface area contributed by atoms with E-state index in [1.54, 1.807) is 0 Å². The zero-order valence-corrected chi connectivity index (χ0v) is 5.21. The molecule has 5 nitrogen and oxygen atoms in total. The number of rotatable bonds is 0. The van der Waals surface area contributed by atoms with E-state index in [-0.39, 0.29) is 6.61 Å². The van der Waals surface area contributed by atoms with Gasteiger partial charge in [-0.3, -0.25) is 0 Å². The van der Waals surface area contributed by atoms with Crippen LogP contribution in [-0.4, -0.2) is 51.6 Å². The molecule has 4 N–H and O–H groups in total. The molecule has 1 heterocycles. The summed E-state index contributed by atoms with van der Waals surface area (Å²) in [5.74, 6) is 0. The van der Waals surface area contributed by atoms with E-state index >= 15 is 0 Å². The van der Waals surface area contributed by atoms with Crippen LogP contribution in [0.2, 0.25) is 0 Å². The van der Waals surface area contributed by atoms with Crippen molar-refractivity contribution >= 4 is 0 Å². The average Bonchev–Trinajstić information content (AvgIpc) is 1.93. The fourth-order valence-corrected chi connectivity index (χ4v) is 0.791. The van der Waals surface area contributed by atoms with E-state index in [9.17, 15) is 0 Å². The number of hydrogen-bond acceptors (Lipinski definition) is 5. The van der Waals surface area contributed by atoms with Gasteiger partial charge in [-0.15, -0.1) is 0 Å². The predicted molar refractivity (Wildman–Crippen MR) is 30.0 cm³/mol. The summed E-state index contributed by atoms with van der Waals surface area (Å²) in [4.78, 5) is 0. The van der Waals surface area contributed by atoms with Crippen molar-refractivity contribution in [1.29, 1.82) is 0 Å². The lowest BCUT2D eigenvalue weighted by Crippen LogP contribution is -2.52. The van der Waals surface area contributed by atoms with Crippen LogP contribution >= 0.6 is 0 Å². The molecule has 0 aromatic heterocycles. The van der Waals surface area contributed by atoms with Gasteiger partial charge < -0.3 is 25.2 Å². The van der Waals surface area contributed by atoms with Crippen molar-refractivity contribution in [1.82, 2.24) is 0 Å². The Hall–Kier alpha value is -0.200. The summed E-state index contributed by atoms with van der Waals surface area (Å²) in [6.07, 6.45) is -5.23. The Kier molecular flexibility index (Phi) is 2.22. The van der Waals surface area contributed by atoms with Gasteiger partial charge in [-0.1, -0.05) is 0 Å². The lowest BCUT2D eigenvalue weighted by atomic mass is 10.1. The minimum absolute atomic E-state index is 0.153. The Morgan fingerprint density at radius 1 is 1.00 bits per heavy atom. The fourth-order valence-electron chi connectivity index (χ4n) is 0.791. The Morgan fingerprint density at radius 2 is 1.60 bits per heavy atom. The van der Waals surface area contributed by atoms with Crippen molar-refractivity contribution in [3.63, 3.8) is 0 Å².